The molecular weight excluding hydrogens is 432 g/mol. The molecule has 1 aromatic carbocycles. The molecule has 0 unspecified atom stereocenters. The summed E-state index contributed by atoms with van der Waals surface area (Å²) in [5.74, 6) is 1.32. The zero-order valence-electron chi connectivity index (χ0n) is 18.9. The smallest absolute Gasteiger partial charge is 0.216 e. The predicted molar refractivity (Wildman–Crippen MR) is 128 cm³/mol. The van der Waals surface area contributed by atoms with Crippen molar-refractivity contribution in [3.8, 4) is 11.1 Å². The fourth-order valence-corrected chi connectivity index (χ4v) is 4.61. The summed E-state index contributed by atoms with van der Waals surface area (Å²) in [6.45, 7) is 10.2. The van der Waals surface area contributed by atoms with Crippen LogP contribution in [0, 0.1) is 6.92 Å². The van der Waals surface area contributed by atoms with Gasteiger partial charge in [0.25, 0.3) is 0 Å². The summed E-state index contributed by atoms with van der Waals surface area (Å²) in [5, 5.41) is 13.7. The maximum absolute atomic E-state index is 10.0. The number of aromatic nitrogens is 3. The van der Waals surface area contributed by atoms with Crippen LogP contribution in [0.5, 0.6) is 0 Å². The van der Waals surface area contributed by atoms with Crippen molar-refractivity contribution in [2.75, 3.05) is 26.0 Å². The second-order valence-electron chi connectivity index (χ2n) is 7.33. The van der Waals surface area contributed by atoms with E-state index in [1.54, 1.807) is 56.4 Å². The molecule has 2 N–H and O–H groups in total. The third-order valence-electron chi connectivity index (χ3n) is 4.08. The lowest BCUT2D eigenvalue weighted by Crippen LogP contribution is -2.19. The number of benzene rings is 1. The minimum atomic E-state index is -1.05. The van der Waals surface area contributed by atoms with E-state index >= 15 is 0 Å². The first kappa shape index (κ1) is 25.2. The van der Waals surface area contributed by atoms with E-state index in [1.807, 2.05) is 13.8 Å². The number of nitrogens with one attached hydrogen (secondary N) is 1. The van der Waals surface area contributed by atoms with Crippen LogP contribution in [0.4, 0.5) is 0 Å². The molecule has 1 amide bonds. The van der Waals surface area contributed by atoms with Gasteiger partial charge in [-0.25, -0.2) is 15.0 Å². The third-order valence-corrected chi connectivity index (χ3v) is 6.03. The molecule has 2 aromatic heterocycles. The standard InChI is InChI=1S/C18H21N3O2S2.C4H9NO/c1-11-21-14-7-13(12-9-19-17(20-10-12)18(2,3)22)15(8-16(14)25-11)24-6-5-23-4;1-3-5-4(2)6/h7-10,22H,5-6H2,1-4H3;3H2,1-2H3,(H,5,6). The molecule has 0 saturated carbocycles. The fraction of sp³-hybridized carbons (Fsp3) is 0.455. The second-order valence-corrected chi connectivity index (χ2v) is 9.70. The molecule has 3 aromatic rings. The Morgan fingerprint density at radius 3 is 2.48 bits per heavy atom. The van der Waals surface area contributed by atoms with Gasteiger partial charge < -0.3 is 15.2 Å². The van der Waals surface area contributed by atoms with Crippen LogP contribution in [0.25, 0.3) is 21.3 Å². The number of rotatable bonds is 7. The number of aryl methyl sites for hydroxylation is 1. The van der Waals surface area contributed by atoms with E-state index in [0.717, 1.165) is 38.8 Å². The maximum atomic E-state index is 10.0. The first-order chi connectivity index (χ1) is 14.7. The van der Waals surface area contributed by atoms with E-state index in [4.69, 9.17) is 4.74 Å². The molecule has 0 aliphatic heterocycles. The minimum absolute atomic E-state index is 0.0394. The van der Waals surface area contributed by atoms with Gasteiger partial charge in [-0.1, -0.05) is 0 Å². The van der Waals surface area contributed by atoms with Crippen molar-refractivity contribution in [3.05, 3.63) is 35.4 Å². The number of fused-ring (bicyclic) bond motifs is 1. The SMILES string of the molecule is CCNC(C)=O.COCCSc1cc2sc(C)nc2cc1-c1cnc(C(C)(C)O)nc1. The average molecular weight is 463 g/mol. The fourth-order valence-electron chi connectivity index (χ4n) is 2.68. The lowest BCUT2D eigenvalue weighted by Gasteiger charge is -2.15. The van der Waals surface area contributed by atoms with Gasteiger partial charge >= 0.3 is 0 Å². The summed E-state index contributed by atoms with van der Waals surface area (Å²) in [4.78, 5) is 24.4. The lowest BCUT2D eigenvalue weighted by molar-refractivity contribution is -0.118. The number of hydrogen-bond acceptors (Lipinski definition) is 8. The van der Waals surface area contributed by atoms with Crippen LogP contribution in [0.1, 0.15) is 38.5 Å². The minimum Gasteiger partial charge on any atom is -0.384 e. The Hall–Kier alpha value is -2.07. The Bertz CT molecular complexity index is 998. The predicted octanol–water partition coefficient (Wildman–Crippen LogP) is 4.17. The van der Waals surface area contributed by atoms with Gasteiger partial charge in [-0.15, -0.1) is 23.1 Å². The Morgan fingerprint density at radius 2 is 1.97 bits per heavy atom. The molecule has 31 heavy (non-hydrogen) atoms. The summed E-state index contributed by atoms with van der Waals surface area (Å²) in [5.41, 5.74) is 1.91. The van der Waals surface area contributed by atoms with E-state index < -0.39 is 5.60 Å². The number of aliphatic hydroxyl groups is 1. The van der Waals surface area contributed by atoms with Gasteiger partial charge in [0.2, 0.25) is 5.91 Å². The number of nitrogens with zero attached hydrogens (tertiary/aromatic N) is 3. The number of hydrogen-bond donors (Lipinski definition) is 2. The summed E-state index contributed by atoms with van der Waals surface area (Å²) < 4.78 is 6.35. The van der Waals surface area contributed by atoms with Gasteiger partial charge in [0.05, 0.1) is 21.8 Å². The first-order valence-electron chi connectivity index (χ1n) is 9.98. The summed E-state index contributed by atoms with van der Waals surface area (Å²) in [6, 6.07) is 4.27. The quantitative estimate of drug-likeness (QED) is 0.402. The number of carbonyl (C=O) groups is 1. The van der Waals surface area contributed by atoms with Crippen LogP contribution in [0.2, 0.25) is 0 Å². The highest BCUT2D eigenvalue weighted by molar-refractivity contribution is 7.99. The molecule has 0 atom stereocenters. The molecule has 0 aliphatic carbocycles. The van der Waals surface area contributed by atoms with E-state index in [-0.39, 0.29) is 5.91 Å². The van der Waals surface area contributed by atoms with Crippen LogP contribution in [0.15, 0.2) is 29.4 Å². The van der Waals surface area contributed by atoms with Crippen molar-refractivity contribution < 1.29 is 14.6 Å². The van der Waals surface area contributed by atoms with E-state index in [0.29, 0.717) is 12.4 Å². The third kappa shape index (κ3) is 7.53. The van der Waals surface area contributed by atoms with Gasteiger partial charge in [0, 0.05) is 54.7 Å². The van der Waals surface area contributed by atoms with Crippen LogP contribution >= 0.6 is 23.1 Å². The van der Waals surface area contributed by atoms with Crippen molar-refractivity contribution in [2.24, 2.45) is 0 Å². The lowest BCUT2D eigenvalue weighted by atomic mass is 10.1. The molecule has 7 nitrogen and oxygen atoms in total. The highest BCUT2D eigenvalue weighted by Crippen LogP contribution is 2.36. The van der Waals surface area contributed by atoms with Crippen LogP contribution < -0.4 is 5.32 Å². The van der Waals surface area contributed by atoms with Crippen molar-refractivity contribution in [3.63, 3.8) is 0 Å². The topological polar surface area (TPSA) is 97.2 Å². The molecular formula is C22H30N4O3S2. The molecule has 0 aliphatic rings. The zero-order chi connectivity index (χ0) is 23.0. The van der Waals surface area contributed by atoms with Crippen molar-refractivity contribution >= 4 is 39.2 Å². The number of carbonyl (C=O) groups excluding carboxylic acids is 1. The Kier molecular flexibility index (Phi) is 9.36. The van der Waals surface area contributed by atoms with Gasteiger partial charge in [0.1, 0.15) is 5.60 Å². The van der Waals surface area contributed by atoms with Crippen molar-refractivity contribution in [2.45, 2.75) is 45.1 Å². The highest BCUT2D eigenvalue weighted by Gasteiger charge is 2.20. The largest absolute Gasteiger partial charge is 0.384 e. The number of thiazole rings is 1. The Morgan fingerprint density at radius 1 is 1.29 bits per heavy atom. The van der Waals surface area contributed by atoms with Gasteiger partial charge in [0.15, 0.2) is 5.82 Å². The molecule has 0 radical (unpaired) electrons. The van der Waals surface area contributed by atoms with E-state index in [2.05, 4.69) is 32.4 Å². The number of ether oxygens (including phenoxy) is 1. The van der Waals surface area contributed by atoms with Crippen LogP contribution in [-0.4, -0.2) is 52.0 Å². The number of thioether (sulfide) groups is 1. The Labute approximate surface area is 191 Å². The number of amides is 1. The van der Waals surface area contributed by atoms with E-state index in [1.165, 1.54) is 11.6 Å². The molecule has 9 heteroatoms. The molecule has 3 rings (SSSR count). The molecule has 168 valence electrons. The molecule has 0 saturated heterocycles. The van der Waals surface area contributed by atoms with Gasteiger partial charge in [-0.05, 0) is 39.8 Å². The van der Waals surface area contributed by atoms with Crippen LogP contribution in [0.3, 0.4) is 0 Å². The van der Waals surface area contributed by atoms with E-state index in [9.17, 15) is 9.90 Å². The number of methoxy groups -OCH3 is 1. The Balaban J connectivity index is 0.000000501. The highest BCUT2D eigenvalue weighted by atomic mass is 32.2. The molecule has 0 bridgehead atoms. The summed E-state index contributed by atoms with van der Waals surface area (Å²) in [7, 11) is 1.71. The normalized spacial score (nSPS) is 11.2. The monoisotopic (exact) mass is 462 g/mol. The van der Waals surface area contributed by atoms with Gasteiger partial charge in [-0.2, -0.15) is 0 Å². The van der Waals surface area contributed by atoms with Crippen molar-refractivity contribution in [1.29, 1.82) is 0 Å². The first-order valence-corrected chi connectivity index (χ1v) is 11.8. The van der Waals surface area contributed by atoms with Crippen molar-refractivity contribution in [1.82, 2.24) is 20.3 Å². The maximum Gasteiger partial charge on any atom is 0.216 e. The summed E-state index contributed by atoms with van der Waals surface area (Å²) >= 11 is 3.44. The average Bonchev–Trinajstić information content (AvgIpc) is 3.06. The zero-order valence-corrected chi connectivity index (χ0v) is 20.5. The van der Waals surface area contributed by atoms with Gasteiger partial charge in [-0.3, -0.25) is 4.79 Å². The molecule has 0 spiro atoms. The second kappa shape index (κ2) is 11.5. The summed E-state index contributed by atoms with van der Waals surface area (Å²) in [6.07, 6.45) is 3.53. The molecule has 2 heterocycles. The molecule has 0 fully saturated rings. The van der Waals surface area contributed by atoms with Crippen LogP contribution in [-0.2, 0) is 15.1 Å².